The van der Waals surface area contributed by atoms with Gasteiger partial charge in [-0.05, 0) is 48.7 Å². The minimum Gasteiger partial charge on any atom is -0.345 e. The Labute approximate surface area is 212 Å². The topological polar surface area (TPSA) is 117 Å². The summed E-state index contributed by atoms with van der Waals surface area (Å²) in [7, 11) is 3.39. The van der Waals surface area contributed by atoms with Gasteiger partial charge in [-0.25, -0.2) is 9.67 Å². The van der Waals surface area contributed by atoms with E-state index in [1.807, 2.05) is 22.9 Å². The molecule has 0 spiro atoms. The summed E-state index contributed by atoms with van der Waals surface area (Å²) in [5.41, 5.74) is 6.48. The first-order chi connectivity index (χ1) is 17.4. The van der Waals surface area contributed by atoms with Crippen LogP contribution in [0.25, 0.3) is 27.5 Å². The number of aryl methyl sites for hydroxylation is 1. The summed E-state index contributed by atoms with van der Waals surface area (Å²) >= 11 is 1.41. The fourth-order valence-electron chi connectivity index (χ4n) is 4.39. The average molecular weight is 498 g/mol. The molecule has 1 N–H and O–H groups in total. The standard InChI is InChI=1S/C26H23N7O2S/c1-15(34)29-26-30-20-8-7-19-22(18-5-4-12-28-14-18)31-33(23(19)24(20)36-26)21-9-6-17(25(35)32(2)3)13-16(21)10-11-27/h4-6,9,12-14H,7-8,10H2,1-3H3,(H,29,30,34). The molecule has 1 aliphatic carbocycles. The van der Waals surface area contributed by atoms with Crippen LogP contribution >= 0.6 is 11.3 Å². The summed E-state index contributed by atoms with van der Waals surface area (Å²) in [6.45, 7) is 1.46. The second-order valence-corrected chi connectivity index (χ2v) is 9.68. The molecule has 0 atom stereocenters. The van der Waals surface area contributed by atoms with Crippen LogP contribution in [0.2, 0.25) is 0 Å². The Kier molecular flexibility index (Phi) is 6.08. The first kappa shape index (κ1) is 23.4. The van der Waals surface area contributed by atoms with Crippen LogP contribution in [0.1, 0.15) is 34.1 Å². The molecular weight excluding hydrogens is 474 g/mol. The Morgan fingerprint density at radius 1 is 1.25 bits per heavy atom. The van der Waals surface area contributed by atoms with Crippen LogP contribution in [0, 0.1) is 11.3 Å². The van der Waals surface area contributed by atoms with Gasteiger partial charge < -0.3 is 10.2 Å². The zero-order valence-corrected chi connectivity index (χ0v) is 20.9. The molecule has 36 heavy (non-hydrogen) atoms. The summed E-state index contributed by atoms with van der Waals surface area (Å²) in [5, 5.41) is 17.9. The minimum absolute atomic E-state index is 0.118. The maximum Gasteiger partial charge on any atom is 0.253 e. The van der Waals surface area contributed by atoms with Crippen LogP contribution in [-0.2, 0) is 24.1 Å². The van der Waals surface area contributed by atoms with Gasteiger partial charge in [0, 0.05) is 50.1 Å². The van der Waals surface area contributed by atoms with Crippen molar-refractivity contribution < 1.29 is 9.59 Å². The number of hydrogen-bond donors (Lipinski definition) is 1. The van der Waals surface area contributed by atoms with E-state index in [0.29, 0.717) is 16.3 Å². The third kappa shape index (κ3) is 4.14. The fraction of sp³-hybridized carbons (Fsp3) is 0.231. The van der Waals surface area contributed by atoms with Gasteiger partial charge in [0.1, 0.15) is 0 Å². The van der Waals surface area contributed by atoms with Gasteiger partial charge in [-0.15, -0.1) is 0 Å². The molecule has 10 heteroatoms. The highest BCUT2D eigenvalue weighted by atomic mass is 32.1. The lowest BCUT2D eigenvalue weighted by molar-refractivity contribution is -0.114. The monoisotopic (exact) mass is 497 g/mol. The van der Waals surface area contributed by atoms with Gasteiger partial charge in [-0.1, -0.05) is 11.3 Å². The number of amides is 2. The van der Waals surface area contributed by atoms with Crippen molar-refractivity contribution in [2.24, 2.45) is 0 Å². The highest BCUT2D eigenvalue weighted by Crippen LogP contribution is 2.44. The lowest BCUT2D eigenvalue weighted by Gasteiger charge is -2.17. The molecule has 3 heterocycles. The maximum atomic E-state index is 12.6. The zero-order valence-electron chi connectivity index (χ0n) is 20.1. The molecule has 0 saturated heterocycles. The van der Waals surface area contributed by atoms with Gasteiger partial charge in [0.15, 0.2) is 5.13 Å². The van der Waals surface area contributed by atoms with Crippen molar-refractivity contribution in [1.29, 1.82) is 5.26 Å². The Hall–Kier alpha value is -4.36. The number of pyridine rings is 1. The fourth-order valence-corrected chi connectivity index (χ4v) is 5.51. The van der Waals surface area contributed by atoms with Gasteiger partial charge in [-0.3, -0.25) is 14.6 Å². The molecule has 180 valence electrons. The Balaban J connectivity index is 1.75. The summed E-state index contributed by atoms with van der Waals surface area (Å²) in [6.07, 6.45) is 5.07. The number of nitrogens with one attached hydrogen (secondary N) is 1. The van der Waals surface area contributed by atoms with Crippen LogP contribution in [0.5, 0.6) is 0 Å². The predicted molar refractivity (Wildman–Crippen MR) is 137 cm³/mol. The molecule has 0 aliphatic heterocycles. The van der Waals surface area contributed by atoms with Crippen LogP contribution < -0.4 is 5.32 Å². The molecule has 9 nitrogen and oxygen atoms in total. The first-order valence-corrected chi connectivity index (χ1v) is 12.2. The second-order valence-electron chi connectivity index (χ2n) is 8.68. The normalized spacial score (nSPS) is 11.8. The summed E-state index contributed by atoms with van der Waals surface area (Å²) in [4.78, 5) is 35.6. The van der Waals surface area contributed by atoms with E-state index >= 15 is 0 Å². The molecule has 0 unspecified atom stereocenters. The molecule has 3 aromatic heterocycles. The smallest absolute Gasteiger partial charge is 0.253 e. The summed E-state index contributed by atoms with van der Waals surface area (Å²) in [5.74, 6) is -0.313. The molecule has 1 aliphatic rings. The molecule has 2 amide bonds. The van der Waals surface area contributed by atoms with E-state index in [2.05, 4.69) is 21.4 Å². The maximum absolute atomic E-state index is 12.6. The van der Waals surface area contributed by atoms with E-state index in [0.717, 1.165) is 51.6 Å². The quantitative estimate of drug-likeness (QED) is 0.447. The number of carbonyl (C=O) groups is 2. The van der Waals surface area contributed by atoms with E-state index < -0.39 is 0 Å². The summed E-state index contributed by atoms with van der Waals surface area (Å²) < 4.78 is 1.85. The highest BCUT2D eigenvalue weighted by molar-refractivity contribution is 7.19. The van der Waals surface area contributed by atoms with Crippen molar-refractivity contribution in [3.05, 3.63) is 65.1 Å². The number of hydrogen-bond acceptors (Lipinski definition) is 7. The Morgan fingerprint density at radius 2 is 2.08 bits per heavy atom. The van der Waals surface area contributed by atoms with Crippen molar-refractivity contribution in [1.82, 2.24) is 24.6 Å². The predicted octanol–water partition coefficient (Wildman–Crippen LogP) is 3.88. The van der Waals surface area contributed by atoms with Gasteiger partial charge in [0.25, 0.3) is 5.91 Å². The number of benzene rings is 1. The molecule has 0 saturated carbocycles. The van der Waals surface area contributed by atoms with E-state index in [1.165, 1.54) is 23.2 Å². The second kappa shape index (κ2) is 9.36. The number of nitriles is 1. The first-order valence-electron chi connectivity index (χ1n) is 11.4. The highest BCUT2D eigenvalue weighted by Gasteiger charge is 2.30. The number of aromatic nitrogens is 4. The van der Waals surface area contributed by atoms with Crippen LogP contribution in [-0.4, -0.2) is 50.6 Å². The van der Waals surface area contributed by atoms with E-state index in [1.54, 1.807) is 38.6 Å². The largest absolute Gasteiger partial charge is 0.345 e. The van der Waals surface area contributed by atoms with Crippen molar-refractivity contribution in [3.8, 4) is 33.6 Å². The molecule has 5 rings (SSSR count). The van der Waals surface area contributed by atoms with Crippen LogP contribution in [0.4, 0.5) is 5.13 Å². The number of nitrogens with zero attached hydrogens (tertiary/aromatic N) is 6. The number of carbonyl (C=O) groups excluding carboxylic acids is 2. The molecule has 1 aromatic carbocycles. The van der Waals surface area contributed by atoms with Crippen molar-refractivity contribution in [2.75, 3.05) is 19.4 Å². The van der Waals surface area contributed by atoms with Gasteiger partial charge in [-0.2, -0.15) is 10.4 Å². The Morgan fingerprint density at radius 3 is 2.78 bits per heavy atom. The summed E-state index contributed by atoms with van der Waals surface area (Å²) in [6, 6.07) is 11.4. The van der Waals surface area contributed by atoms with Gasteiger partial charge >= 0.3 is 0 Å². The number of thiazole rings is 1. The van der Waals surface area contributed by atoms with Gasteiger partial charge in [0.05, 0.1) is 40.1 Å². The lowest BCUT2D eigenvalue weighted by atomic mass is 9.95. The van der Waals surface area contributed by atoms with E-state index in [9.17, 15) is 14.9 Å². The number of rotatable bonds is 5. The number of anilines is 1. The van der Waals surface area contributed by atoms with Crippen molar-refractivity contribution in [2.45, 2.75) is 26.2 Å². The zero-order chi connectivity index (χ0) is 25.4. The molecule has 0 fully saturated rings. The molecule has 0 radical (unpaired) electrons. The minimum atomic E-state index is -0.177. The van der Waals surface area contributed by atoms with Crippen LogP contribution in [0.15, 0.2) is 42.7 Å². The lowest BCUT2D eigenvalue weighted by Crippen LogP contribution is -2.22. The van der Waals surface area contributed by atoms with E-state index in [-0.39, 0.29) is 18.2 Å². The average Bonchev–Trinajstić information content (AvgIpc) is 3.44. The van der Waals surface area contributed by atoms with Crippen molar-refractivity contribution in [3.63, 3.8) is 0 Å². The molecule has 0 bridgehead atoms. The SMILES string of the molecule is CC(=O)Nc1nc2c(s1)-c1c(c(-c3cccnc3)nn1-c1ccc(C(=O)N(C)C)cc1CC#N)CC2. The molecular formula is C26H23N7O2S. The van der Waals surface area contributed by atoms with E-state index in [4.69, 9.17) is 5.10 Å². The third-order valence-electron chi connectivity index (χ3n) is 5.96. The Bertz CT molecular complexity index is 1530. The van der Waals surface area contributed by atoms with Crippen LogP contribution in [0.3, 0.4) is 0 Å². The number of fused-ring (bicyclic) bond motifs is 3. The molecule has 4 aromatic rings. The van der Waals surface area contributed by atoms with Gasteiger partial charge in [0.2, 0.25) is 5.91 Å². The third-order valence-corrected chi connectivity index (χ3v) is 6.98. The van der Waals surface area contributed by atoms with Crippen molar-refractivity contribution >= 4 is 28.3 Å².